The molecule has 1 amide bonds. The maximum absolute atomic E-state index is 12.8. The number of benzene rings is 2. The molecule has 0 fully saturated rings. The topological polar surface area (TPSA) is 110 Å². The fourth-order valence-electron chi connectivity index (χ4n) is 2.96. The van der Waals surface area contributed by atoms with Gasteiger partial charge in [-0.05, 0) is 55.8 Å². The maximum atomic E-state index is 12.8. The van der Waals surface area contributed by atoms with Crippen LogP contribution in [0.2, 0.25) is 0 Å². The highest BCUT2D eigenvalue weighted by molar-refractivity contribution is 7.92. The Hall–Kier alpha value is -2.59. The third-order valence-electron chi connectivity index (χ3n) is 4.58. The summed E-state index contributed by atoms with van der Waals surface area (Å²) in [7, 11) is -5.55. The van der Waals surface area contributed by atoms with E-state index in [0.717, 1.165) is 16.8 Å². The molecule has 164 valence electrons. The maximum Gasteiger partial charge on any atom is 0.244 e. The van der Waals surface area contributed by atoms with Crippen molar-refractivity contribution in [3.8, 4) is 5.75 Å². The van der Waals surface area contributed by atoms with Crippen LogP contribution in [0, 0.1) is 0 Å². The number of sulfone groups is 1. The number of methoxy groups -OCH3 is 1. The van der Waals surface area contributed by atoms with Gasteiger partial charge in [0.05, 0.1) is 30.0 Å². The molecule has 2 aromatic carbocycles. The second-order valence-corrected chi connectivity index (χ2v) is 10.9. The van der Waals surface area contributed by atoms with E-state index in [1.54, 1.807) is 43.3 Å². The lowest BCUT2D eigenvalue weighted by Gasteiger charge is -2.29. The van der Waals surface area contributed by atoms with Crippen molar-refractivity contribution in [3.63, 3.8) is 0 Å². The Balaban J connectivity index is 2.22. The van der Waals surface area contributed by atoms with Gasteiger partial charge >= 0.3 is 0 Å². The Morgan fingerprint density at radius 1 is 0.933 bits per heavy atom. The van der Waals surface area contributed by atoms with Gasteiger partial charge in [0.2, 0.25) is 15.9 Å². The number of amides is 1. The SMILES string of the molecule is COc1ccc(N([C@H](C)C(=O)N[C@@H](C)c2ccc(S(C)(=O)=O)cc2)S(C)(=O)=O)cc1. The standard InChI is InChI=1S/C20H26N2O6S2/c1-14(16-6-12-19(13-7-16)29(4,24)25)21-20(23)15(2)22(30(5,26)27)17-8-10-18(28-3)11-9-17/h6-15H,1-5H3,(H,21,23)/t14-,15+/m0/s1. The second kappa shape index (κ2) is 9.05. The van der Waals surface area contributed by atoms with Crippen molar-refractivity contribution < 1.29 is 26.4 Å². The summed E-state index contributed by atoms with van der Waals surface area (Å²) in [6.07, 6.45) is 2.15. The molecule has 0 aromatic heterocycles. The third kappa shape index (κ3) is 5.73. The minimum absolute atomic E-state index is 0.181. The first-order chi connectivity index (χ1) is 13.8. The van der Waals surface area contributed by atoms with E-state index in [1.165, 1.54) is 26.2 Å². The Kier molecular flexibility index (Phi) is 7.14. The smallest absolute Gasteiger partial charge is 0.244 e. The molecule has 0 saturated carbocycles. The van der Waals surface area contributed by atoms with Crippen molar-refractivity contribution >= 4 is 31.5 Å². The zero-order valence-corrected chi connectivity index (χ0v) is 19.1. The van der Waals surface area contributed by atoms with E-state index in [1.807, 2.05) is 0 Å². The van der Waals surface area contributed by atoms with E-state index < -0.39 is 37.9 Å². The van der Waals surface area contributed by atoms with Gasteiger partial charge in [0.1, 0.15) is 11.8 Å². The number of rotatable bonds is 8. The number of hydrogen-bond acceptors (Lipinski definition) is 6. The monoisotopic (exact) mass is 454 g/mol. The molecular formula is C20H26N2O6S2. The van der Waals surface area contributed by atoms with Crippen LogP contribution in [0.4, 0.5) is 5.69 Å². The van der Waals surface area contributed by atoms with Crippen LogP contribution < -0.4 is 14.4 Å². The number of nitrogens with zero attached hydrogens (tertiary/aromatic N) is 1. The summed E-state index contributed by atoms with van der Waals surface area (Å²) in [4.78, 5) is 13.0. The van der Waals surface area contributed by atoms with Crippen molar-refractivity contribution in [1.29, 1.82) is 0 Å². The van der Waals surface area contributed by atoms with Crippen LogP contribution in [0.25, 0.3) is 0 Å². The van der Waals surface area contributed by atoms with Gasteiger partial charge in [-0.2, -0.15) is 0 Å². The third-order valence-corrected chi connectivity index (χ3v) is 6.95. The zero-order chi connectivity index (χ0) is 22.7. The average Bonchev–Trinajstić information content (AvgIpc) is 2.66. The molecule has 8 nitrogen and oxygen atoms in total. The van der Waals surface area contributed by atoms with E-state index in [4.69, 9.17) is 4.74 Å². The van der Waals surface area contributed by atoms with Crippen molar-refractivity contribution in [2.45, 2.75) is 30.8 Å². The van der Waals surface area contributed by atoms with Gasteiger partial charge in [0.15, 0.2) is 9.84 Å². The number of carbonyl (C=O) groups is 1. The summed E-state index contributed by atoms with van der Waals surface area (Å²) >= 11 is 0. The van der Waals surface area contributed by atoms with Gasteiger partial charge in [0, 0.05) is 6.26 Å². The largest absolute Gasteiger partial charge is 0.497 e. The molecule has 2 aromatic rings. The zero-order valence-electron chi connectivity index (χ0n) is 17.5. The van der Waals surface area contributed by atoms with E-state index >= 15 is 0 Å². The molecule has 0 spiro atoms. The van der Waals surface area contributed by atoms with Gasteiger partial charge in [0.25, 0.3) is 0 Å². The van der Waals surface area contributed by atoms with Gasteiger partial charge in [-0.1, -0.05) is 12.1 Å². The predicted octanol–water partition coefficient (Wildman–Crippen LogP) is 2.13. The van der Waals surface area contributed by atoms with Crippen molar-refractivity contribution in [3.05, 3.63) is 54.1 Å². The molecule has 0 aliphatic heterocycles. The van der Waals surface area contributed by atoms with E-state index in [-0.39, 0.29) is 4.90 Å². The number of nitrogens with one attached hydrogen (secondary N) is 1. The fraction of sp³-hybridized carbons (Fsp3) is 0.350. The molecular weight excluding hydrogens is 428 g/mol. The lowest BCUT2D eigenvalue weighted by molar-refractivity contribution is -0.122. The highest BCUT2D eigenvalue weighted by Gasteiger charge is 2.30. The summed E-state index contributed by atoms with van der Waals surface area (Å²) < 4.78 is 54.1. The lowest BCUT2D eigenvalue weighted by atomic mass is 10.1. The second-order valence-electron chi connectivity index (χ2n) is 7.00. The fourth-order valence-corrected chi connectivity index (χ4v) is 4.76. The average molecular weight is 455 g/mol. The Morgan fingerprint density at radius 2 is 1.47 bits per heavy atom. The molecule has 0 radical (unpaired) electrons. The molecule has 10 heteroatoms. The van der Waals surface area contributed by atoms with Crippen LogP contribution in [-0.2, 0) is 24.7 Å². The normalized spacial score (nSPS) is 13.9. The molecule has 0 saturated heterocycles. The van der Waals surface area contributed by atoms with Crippen LogP contribution in [0.15, 0.2) is 53.4 Å². The van der Waals surface area contributed by atoms with Crippen LogP contribution in [0.3, 0.4) is 0 Å². The van der Waals surface area contributed by atoms with E-state index in [0.29, 0.717) is 17.0 Å². The highest BCUT2D eigenvalue weighted by Crippen LogP contribution is 2.24. The van der Waals surface area contributed by atoms with Crippen LogP contribution >= 0.6 is 0 Å². The van der Waals surface area contributed by atoms with Crippen molar-refractivity contribution in [1.82, 2.24) is 5.32 Å². The number of ether oxygens (including phenoxy) is 1. The van der Waals surface area contributed by atoms with Gasteiger partial charge in [-0.15, -0.1) is 0 Å². The number of sulfonamides is 1. The number of carbonyl (C=O) groups excluding carboxylic acids is 1. The number of anilines is 1. The minimum Gasteiger partial charge on any atom is -0.497 e. The molecule has 2 rings (SSSR count). The molecule has 0 heterocycles. The quantitative estimate of drug-likeness (QED) is 0.654. The highest BCUT2D eigenvalue weighted by atomic mass is 32.2. The number of hydrogen-bond donors (Lipinski definition) is 1. The first-order valence-electron chi connectivity index (χ1n) is 9.08. The van der Waals surface area contributed by atoms with Crippen LogP contribution in [0.1, 0.15) is 25.5 Å². The molecule has 1 N–H and O–H groups in total. The van der Waals surface area contributed by atoms with E-state index in [2.05, 4.69) is 5.32 Å². The summed E-state index contributed by atoms with van der Waals surface area (Å²) in [5, 5.41) is 2.78. The van der Waals surface area contributed by atoms with Gasteiger partial charge in [-0.25, -0.2) is 16.8 Å². The molecule has 0 aliphatic rings. The molecule has 0 bridgehead atoms. The first kappa shape index (κ1) is 23.7. The molecule has 0 unspecified atom stereocenters. The van der Waals surface area contributed by atoms with Crippen molar-refractivity contribution in [2.24, 2.45) is 0 Å². The van der Waals surface area contributed by atoms with Crippen LogP contribution in [0.5, 0.6) is 5.75 Å². The first-order valence-corrected chi connectivity index (χ1v) is 12.8. The van der Waals surface area contributed by atoms with Crippen LogP contribution in [-0.4, -0.2) is 48.4 Å². The van der Waals surface area contributed by atoms with Gasteiger partial charge < -0.3 is 10.1 Å². The summed E-state index contributed by atoms with van der Waals surface area (Å²) in [6.45, 7) is 3.23. The predicted molar refractivity (Wildman–Crippen MR) is 116 cm³/mol. The molecule has 0 aliphatic carbocycles. The van der Waals surface area contributed by atoms with Crippen molar-refractivity contribution in [2.75, 3.05) is 23.9 Å². The Bertz CT molecular complexity index is 1090. The summed E-state index contributed by atoms with van der Waals surface area (Å²) in [5.74, 6) is 0.0754. The Morgan fingerprint density at radius 3 is 1.90 bits per heavy atom. The van der Waals surface area contributed by atoms with E-state index in [9.17, 15) is 21.6 Å². The minimum atomic E-state index is -3.74. The molecule has 30 heavy (non-hydrogen) atoms. The lowest BCUT2D eigenvalue weighted by Crippen LogP contribution is -2.48. The summed E-state index contributed by atoms with van der Waals surface area (Å²) in [5.41, 5.74) is 1.03. The molecule has 2 atom stereocenters. The summed E-state index contributed by atoms with van der Waals surface area (Å²) in [6, 6.07) is 11.1. The van der Waals surface area contributed by atoms with Gasteiger partial charge in [-0.3, -0.25) is 9.10 Å². The Labute approximate surface area is 177 Å².